The van der Waals surface area contributed by atoms with Gasteiger partial charge in [-0.3, -0.25) is 9.58 Å². The zero-order valence-corrected chi connectivity index (χ0v) is 13.6. The van der Waals surface area contributed by atoms with Crippen LogP contribution >= 0.6 is 0 Å². The summed E-state index contributed by atoms with van der Waals surface area (Å²) in [7, 11) is 1.92. The smallest absolute Gasteiger partial charge is 0.123 e. The lowest BCUT2D eigenvalue weighted by Gasteiger charge is -2.39. The molecule has 1 aromatic heterocycles. The first kappa shape index (κ1) is 15.9. The minimum atomic E-state index is -0.323. The fourth-order valence-electron chi connectivity index (χ4n) is 2.89. The van der Waals surface area contributed by atoms with Crippen LogP contribution in [-0.2, 0) is 17.4 Å². The van der Waals surface area contributed by atoms with Crippen LogP contribution in [0.25, 0.3) is 6.08 Å². The van der Waals surface area contributed by atoms with Crippen LogP contribution in [0.5, 0.6) is 0 Å². The molecule has 0 aliphatic carbocycles. The van der Waals surface area contributed by atoms with Crippen molar-refractivity contribution in [3.63, 3.8) is 0 Å². The molecule has 1 aromatic carbocycles. The standard InChI is InChI=1S/C18H22FN3O/c1-18(16-12-20-21(2)13-16)14-22(10-11-23-18)9-3-4-15-5-7-17(19)8-6-15/h3-8,12-13H,9-11,14H2,1-2H3. The summed E-state index contributed by atoms with van der Waals surface area (Å²) in [5.74, 6) is -0.206. The van der Waals surface area contributed by atoms with Gasteiger partial charge in [0.1, 0.15) is 11.4 Å². The zero-order valence-electron chi connectivity index (χ0n) is 13.6. The van der Waals surface area contributed by atoms with Gasteiger partial charge in [-0.05, 0) is 24.6 Å². The Labute approximate surface area is 136 Å². The van der Waals surface area contributed by atoms with Gasteiger partial charge in [0.05, 0.1) is 12.8 Å². The van der Waals surface area contributed by atoms with Crippen molar-refractivity contribution in [1.82, 2.24) is 14.7 Å². The van der Waals surface area contributed by atoms with Crippen LogP contribution in [0.1, 0.15) is 18.1 Å². The number of hydrogen-bond acceptors (Lipinski definition) is 3. The van der Waals surface area contributed by atoms with Crippen molar-refractivity contribution >= 4 is 6.08 Å². The second-order valence-electron chi connectivity index (χ2n) is 6.17. The molecule has 0 bridgehead atoms. The minimum Gasteiger partial charge on any atom is -0.368 e. The SMILES string of the molecule is Cn1cc(C2(C)CN(CC=Cc3ccc(F)cc3)CCO2)cn1. The average Bonchev–Trinajstić information content (AvgIpc) is 2.97. The van der Waals surface area contributed by atoms with E-state index in [0.29, 0.717) is 6.61 Å². The summed E-state index contributed by atoms with van der Waals surface area (Å²) in [5, 5.41) is 4.24. The highest BCUT2D eigenvalue weighted by Gasteiger charge is 2.34. The predicted octanol–water partition coefficient (Wildman–Crippen LogP) is 2.82. The lowest BCUT2D eigenvalue weighted by molar-refractivity contribution is -0.100. The monoisotopic (exact) mass is 315 g/mol. The van der Waals surface area contributed by atoms with E-state index in [1.165, 1.54) is 12.1 Å². The summed E-state index contributed by atoms with van der Waals surface area (Å²) in [5.41, 5.74) is 1.79. The number of morpholine rings is 1. The van der Waals surface area contributed by atoms with E-state index < -0.39 is 0 Å². The molecule has 1 saturated heterocycles. The van der Waals surface area contributed by atoms with Crippen molar-refractivity contribution in [3.05, 3.63) is 59.7 Å². The summed E-state index contributed by atoms with van der Waals surface area (Å²) in [6.45, 7) is 5.39. The van der Waals surface area contributed by atoms with Crippen LogP contribution in [0.3, 0.4) is 0 Å². The van der Waals surface area contributed by atoms with Gasteiger partial charge in [-0.1, -0.05) is 24.3 Å². The molecule has 1 aliphatic heterocycles. The van der Waals surface area contributed by atoms with Crippen LogP contribution in [0.4, 0.5) is 4.39 Å². The highest BCUT2D eigenvalue weighted by Crippen LogP contribution is 2.28. The highest BCUT2D eigenvalue weighted by molar-refractivity contribution is 5.48. The first-order valence-corrected chi connectivity index (χ1v) is 7.83. The van der Waals surface area contributed by atoms with Crippen LogP contribution in [0.2, 0.25) is 0 Å². The van der Waals surface area contributed by atoms with Crippen LogP contribution < -0.4 is 0 Å². The Balaban J connectivity index is 1.61. The van der Waals surface area contributed by atoms with E-state index in [0.717, 1.165) is 30.8 Å². The van der Waals surface area contributed by atoms with Gasteiger partial charge in [-0.25, -0.2) is 4.39 Å². The molecule has 3 rings (SSSR count). The first-order valence-electron chi connectivity index (χ1n) is 7.83. The third-order valence-corrected chi connectivity index (χ3v) is 4.21. The van der Waals surface area contributed by atoms with Gasteiger partial charge in [0.15, 0.2) is 0 Å². The molecular weight excluding hydrogens is 293 g/mol. The summed E-state index contributed by atoms with van der Waals surface area (Å²) in [4.78, 5) is 2.36. The molecule has 1 fully saturated rings. The van der Waals surface area contributed by atoms with Crippen molar-refractivity contribution in [2.24, 2.45) is 7.05 Å². The van der Waals surface area contributed by atoms with E-state index in [4.69, 9.17) is 4.74 Å². The maximum absolute atomic E-state index is 12.9. The topological polar surface area (TPSA) is 30.3 Å². The molecular formula is C18H22FN3O. The van der Waals surface area contributed by atoms with E-state index >= 15 is 0 Å². The van der Waals surface area contributed by atoms with Gasteiger partial charge in [0, 0.05) is 38.4 Å². The second-order valence-corrected chi connectivity index (χ2v) is 6.17. The normalized spacial score (nSPS) is 22.7. The molecule has 23 heavy (non-hydrogen) atoms. The molecule has 4 nitrogen and oxygen atoms in total. The summed E-state index contributed by atoms with van der Waals surface area (Å²) in [6.07, 6.45) is 8.02. The highest BCUT2D eigenvalue weighted by atomic mass is 19.1. The number of rotatable bonds is 4. The van der Waals surface area contributed by atoms with Crippen molar-refractivity contribution in [2.45, 2.75) is 12.5 Å². The van der Waals surface area contributed by atoms with Crippen molar-refractivity contribution < 1.29 is 9.13 Å². The van der Waals surface area contributed by atoms with Gasteiger partial charge in [0.25, 0.3) is 0 Å². The van der Waals surface area contributed by atoms with Crippen molar-refractivity contribution in [2.75, 3.05) is 26.2 Å². The zero-order chi connectivity index (χ0) is 16.3. The largest absolute Gasteiger partial charge is 0.368 e. The number of benzene rings is 1. The fourth-order valence-corrected chi connectivity index (χ4v) is 2.89. The number of nitrogens with zero attached hydrogens (tertiary/aromatic N) is 3. The molecule has 122 valence electrons. The lowest BCUT2D eigenvalue weighted by Crippen LogP contribution is -2.48. The fraction of sp³-hybridized carbons (Fsp3) is 0.389. The molecule has 2 aromatic rings. The predicted molar refractivity (Wildman–Crippen MR) is 88.4 cm³/mol. The molecule has 0 saturated carbocycles. The van der Waals surface area contributed by atoms with E-state index in [-0.39, 0.29) is 11.4 Å². The Morgan fingerprint density at radius 3 is 2.83 bits per heavy atom. The van der Waals surface area contributed by atoms with Gasteiger partial charge < -0.3 is 4.74 Å². The molecule has 0 amide bonds. The van der Waals surface area contributed by atoms with Crippen LogP contribution in [-0.4, -0.2) is 40.9 Å². The molecule has 5 heteroatoms. The van der Waals surface area contributed by atoms with Gasteiger partial charge in [0.2, 0.25) is 0 Å². The molecule has 1 atom stereocenters. The Hall–Kier alpha value is -1.98. The summed E-state index contributed by atoms with van der Waals surface area (Å²) < 4.78 is 20.7. The first-order chi connectivity index (χ1) is 11.0. The quantitative estimate of drug-likeness (QED) is 0.869. The van der Waals surface area contributed by atoms with E-state index in [2.05, 4.69) is 23.0 Å². The van der Waals surface area contributed by atoms with E-state index in [1.807, 2.05) is 25.5 Å². The third kappa shape index (κ3) is 3.86. The second kappa shape index (κ2) is 6.64. The molecule has 1 aliphatic rings. The minimum absolute atomic E-state index is 0.206. The van der Waals surface area contributed by atoms with E-state index in [9.17, 15) is 4.39 Å². The maximum atomic E-state index is 12.9. The lowest BCUT2D eigenvalue weighted by atomic mass is 9.97. The van der Waals surface area contributed by atoms with Gasteiger partial charge in [-0.2, -0.15) is 5.10 Å². The van der Waals surface area contributed by atoms with Crippen LogP contribution in [0, 0.1) is 5.82 Å². The molecule has 1 unspecified atom stereocenters. The van der Waals surface area contributed by atoms with Crippen LogP contribution in [0.15, 0.2) is 42.7 Å². The Morgan fingerprint density at radius 1 is 1.35 bits per heavy atom. The summed E-state index contributed by atoms with van der Waals surface area (Å²) in [6, 6.07) is 6.53. The van der Waals surface area contributed by atoms with Gasteiger partial charge in [-0.15, -0.1) is 0 Å². The molecule has 2 heterocycles. The van der Waals surface area contributed by atoms with Gasteiger partial charge >= 0.3 is 0 Å². The van der Waals surface area contributed by atoms with Crippen molar-refractivity contribution in [3.8, 4) is 0 Å². The average molecular weight is 315 g/mol. The number of ether oxygens (including phenoxy) is 1. The Kier molecular flexibility index (Phi) is 4.59. The Morgan fingerprint density at radius 2 is 2.13 bits per heavy atom. The number of aromatic nitrogens is 2. The number of aryl methyl sites for hydroxylation is 1. The molecule has 0 spiro atoms. The third-order valence-electron chi connectivity index (χ3n) is 4.21. The van der Waals surface area contributed by atoms with Crippen molar-refractivity contribution in [1.29, 1.82) is 0 Å². The maximum Gasteiger partial charge on any atom is 0.123 e. The number of hydrogen-bond donors (Lipinski definition) is 0. The summed E-state index contributed by atoms with van der Waals surface area (Å²) >= 11 is 0. The molecule has 0 radical (unpaired) electrons. The Bertz CT molecular complexity index is 680. The molecule has 0 N–H and O–H groups in total. The number of halogens is 1. The van der Waals surface area contributed by atoms with E-state index in [1.54, 1.807) is 16.8 Å².